The van der Waals surface area contributed by atoms with Gasteiger partial charge in [-0.1, -0.05) is 55.5 Å². The molecule has 0 fully saturated rings. The van der Waals surface area contributed by atoms with Gasteiger partial charge in [-0.15, -0.1) is 0 Å². The van der Waals surface area contributed by atoms with Crippen LogP contribution in [-0.2, 0) is 25.0 Å². The zero-order valence-corrected chi connectivity index (χ0v) is 33.2. The fourth-order valence-corrected chi connectivity index (χ4v) is 8.76. The minimum absolute atomic E-state index is 0.107. The van der Waals surface area contributed by atoms with Crippen LogP contribution in [0, 0.1) is 6.92 Å². The third-order valence-electron chi connectivity index (χ3n) is 10.6. The summed E-state index contributed by atoms with van der Waals surface area (Å²) in [5.74, 6) is 0.891. The van der Waals surface area contributed by atoms with Crippen LogP contribution in [-0.4, -0.2) is 70.0 Å². The molecule has 2 aromatic carbocycles. The number of hydrogen-bond donors (Lipinski definition) is 0. The van der Waals surface area contributed by atoms with Crippen molar-refractivity contribution in [2.45, 2.75) is 89.9 Å². The molecule has 50 heavy (non-hydrogen) atoms. The molecule has 0 saturated heterocycles. The average molecular weight is 700 g/mol. The Morgan fingerprint density at radius 3 is 2.30 bits per heavy atom. The molecule has 0 unspecified atom stereocenters. The second-order valence-electron chi connectivity index (χ2n) is 15.2. The number of methoxy groups -OCH3 is 4. The Morgan fingerprint density at radius 1 is 0.860 bits per heavy atom. The number of anilines is 1. The van der Waals surface area contributed by atoms with Crippen molar-refractivity contribution in [2.75, 3.05) is 59.6 Å². The highest BCUT2D eigenvalue weighted by Gasteiger charge is 2.45. The Kier molecular flexibility index (Phi) is 11.9. The van der Waals surface area contributed by atoms with E-state index in [0.717, 1.165) is 57.7 Å². The lowest BCUT2D eigenvalue weighted by atomic mass is 9.81. The van der Waals surface area contributed by atoms with Crippen LogP contribution in [0.4, 0.5) is 11.4 Å². The molecule has 3 aliphatic rings. The molecule has 0 radical (unpaired) electrons. The number of rotatable bonds is 15. The Labute approximate surface area is 305 Å². The highest BCUT2D eigenvalue weighted by Crippen LogP contribution is 2.50. The van der Waals surface area contributed by atoms with Crippen LogP contribution in [0.3, 0.4) is 0 Å². The van der Waals surface area contributed by atoms with Gasteiger partial charge in [0.15, 0.2) is 12.3 Å². The normalized spacial score (nSPS) is 19.9. The maximum Gasteiger partial charge on any atom is 0.210 e. The maximum absolute atomic E-state index is 5.98. The van der Waals surface area contributed by atoms with Crippen LogP contribution in [0.15, 0.2) is 82.5 Å². The Bertz CT molecular complexity index is 1730. The summed E-state index contributed by atoms with van der Waals surface area (Å²) in [6, 6.07) is 13.4. The molecule has 6 nitrogen and oxygen atoms in total. The van der Waals surface area contributed by atoms with E-state index in [4.69, 9.17) is 18.9 Å². The van der Waals surface area contributed by atoms with Crippen LogP contribution < -0.4 is 9.64 Å². The average Bonchev–Trinajstić information content (AvgIpc) is 3.63. The second kappa shape index (κ2) is 15.6. The molecular weight excluding hydrogens is 641 g/mol. The fraction of sp³-hybridized carbons (Fsp3) is 0.512. The predicted octanol–water partition coefficient (Wildman–Crippen LogP) is 9.78. The molecule has 270 valence electrons. The van der Waals surface area contributed by atoms with E-state index < -0.39 is 0 Å². The first-order valence-electron chi connectivity index (χ1n) is 18.1. The first-order valence-corrected chi connectivity index (χ1v) is 18.9. The van der Waals surface area contributed by atoms with Gasteiger partial charge in [-0.25, -0.2) is 0 Å². The van der Waals surface area contributed by atoms with E-state index in [1.54, 1.807) is 21.3 Å². The number of aryl methyl sites for hydroxylation is 1. The number of ether oxygens (including phenoxy) is 4. The largest absolute Gasteiger partial charge is 0.497 e. The van der Waals surface area contributed by atoms with Gasteiger partial charge in [0, 0.05) is 80.3 Å². The van der Waals surface area contributed by atoms with Gasteiger partial charge >= 0.3 is 0 Å². The number of nitrogens with zero attached hydrogens (tertiary/aromatic N) is 2. The van der Waals surface area contributed by atoms with E-state index in [-0.39, 0.29) is 15.8 Å². The molecule has 0 atom stereocenters. The SMILES string of the molecule is COCCCN1/C(=C/C=C2\CCC(/C=C/C3=[N+](CCCOC)c4ccc(OC)cc4C3(C)C)=C2SC(C)(C)OC)C(C)(C)c2cc(C)ccc21. The molecule has 7 heteroatoms. The van der Waals surface area contributed by atoms with Crippen molar-refractivity contribution < 1.29 is 23.5 Å². The van der Waals surface area contributed by atoms with Gasteiger partial charge in [0.05, 0.1) is 19.1 Å². The number of benzene rings is 2. The van der Waals surface area contributed by atoms with Crippen molar-refractivity contribution in [3.8, 4) is 5.75 Å². The topological polar surface area (TPSA) is 43.2 Å². The minimum Gasteiger partial charge on any atom is -0.497 e. The van der Waals surface area contributed by atoms with Gasteiger partial charge < -0.3 is 23.8 Å². The smallest absolute Gasteiger partial charge is 0.210 e. The van der Waals surface area contributed by atoms with Crippen molar-refractivity contribution in [1.82, 2.24) is 0 Å². The summed E-state index contributed by atoms with van der Waals surface area (Å²) in [6.45, 7) is 19.2. The fourth-order valence-electron chi connectivity index (χ4n) is 7.58. The second-order valence-corrected chi connectivity index (χ2v) is 16.8. The Morgan fingerprint density at radius 2 is 1.60 bits per heavy atom. The van der Waals surface area contributed by atoms with E-state index in [9.17, 15) is 0 Å². The standard InChI is InChI=1S/C43H59N2O4S/c1-30-14-20-36-34(28-30)41(2,3)38(44(36)24-12-26-46-8)22-17-31-15-16-32(40(31)50-43(6,7)49-11)18-23-39-42(4,5)35-29-33(48-10)19-21-37(35)45(39)25-13-27-47-9/h14,17-23,28-29H,12-13,15-16,24-27H2,1-11H3/q+1. The van der Waals surface area contributed by atoms with Gasteiger partial charge in [0.2, 0.25) is 5.69 Å². The molecule has 2 heterocycles. The van der Waals surface area contributed by atoms with E-state index in [1.165, 1.54) is 55.5 Å². The highest BCUT2D eigenvalue weighted by molar-refractivity contribution is 8.04. The zero-order valence-electron chi connectivity index (χ0n) is 32.4. The van der Waals surface area contributed by atoms with Crippen molar-refractivity contribution in [3.05, 3.63) is 99.1 Å². The Balaban J connectivity index is 1.57. The molecular formula is C43H59N2O4S+. The molecule has 0 aromatic heterocycles. The van der Waals surface area contributed by atoms with Crippen LogP contribution in [0.1, 0.15) is 83.9 Å². The van der Waals surface area contributed by atoms with Gasteiger partial charge in [0.25, 0.3) is 0 Å². The third kappa shape index (κ3) is 7.72. The monoisotopic (exact) mass is 699 g/mol. The van der Waals surface area contributed by atoms with Gasteiger partial charge in [0.1, 0.15) is 10.7 Å². The summed E-state index contributed by atoms with van der Waals surface area (Å²) in [5.41, 5.74) is 11.6. The van der Waals surface area contributed by atoms with Crippen LogP contribution in [0.25, 0.3) is 0 Å². The highest BCUT2D eigenvalue weighted by atomic mass is 32.2. The lowest BCUT2D eigenvalue weighted by molar-refractivity contribution is -0.438. The summed E-state index contributed by atoms with van der Waals surface area (Å²) in [6.07, 6.45) is 13.4. The molecule has 0 amide bonds. The summed E-state index contributed by atoms with van der Waals surface area (Å²) in [7, 11) is 7.11. The molecule has 0 bridgehead atoms. The molecule has 1 aliphatic carbocycles. The summed E-state index contributed by atoms with van der Waals surface area (Å²) < 4.78 is 25.0. The quantitative estimate of drug-likeness (QED) is 0.105. The van der Waals surface area contributed by atoms with Crippen LogP contribution in [0.5, 0.6) is 5.75 Å². The number of hydrogen-bond acceptors (Lipinski definition) is 6. The van der Waals surface area contributed by atoms with E-state index >= 15 is 0 Å². The Hall–Kier alpha value is -3.10. The third-order valence-corrected chi connectivity index (χ3v) is 12.0. The van der Waals surface area contributed by atoms with Crippen molar-refractivity contribution in [2.24, 2.45) is 0 Å². The van der Waals surface area contributed by atoms with Crippen molar-refractivity contribution in [1.29, 1.82) is 0 Å². The maximum atomic E-state index is 5.98. The summed E-state index contributed by atoms with van der Waals surface area (Å²) in [4.78, 5) is 3.47. The van der Waals surface area contributed by atoms with E-state index in [1.807, 2.05) is 18.9 Å². The molecule has 5 rings (SSSR count). The van der Waals surface area contributed by atoms with E-state index in [2.05, 4.69) is 119 Å². The zero-order chi connectivity index (χ0) is 36.3. The molecule has 2 aromatic rings. The van der Waals surface area contributed by atoms with Gasteiger partial charge in [-0.2, -0.15) is 4.58 Å². The van der Waals surface area contributed by atoms with Crippen LogP contribution in [0.2, 0.25) is 0 Å². The first kappa shape index (κ1) is 38.1. The summed E-state index contributed by atoms with van der Waals surface area (Å²) >= 11 is 1.83. The lowest BCUT2D eigenvalue weighted by Gasteiger charge is -2.27. The molecule has 0 saturated carbocycles. The van der Waals surface area contributed by atoms with Gasteiger partial charge in [-0.3, -0.25) is 0 Å². The van der Waals surface area contributed by atoms with Gasteiger partial charge in [-0.05, 0) is 94.9 Å². The molecule has 0 spiro atoms. The molecule has 0 N–H and O–H groups in total. The summed E-state index contributed by atoms with van der Waals surface area (Å²) in [5, 5.41) is 0. The van der Waals surface area contributed by atoms with E-state index in [0.29, 0.717) is 0 Å². The number of fused-ring (bicyclic) bond motifs is 2. The van der Waals surface area contributed by atoms with Crippen molar-refractivity contribution in [3.63, 3.8) is 0 Å². The number of allylic oxidation sites excluding steroid dienone is 7. The minimum atomic E-state index is -0.365. The lowest BCUT2D eigenvalue weighted by Crippen LogP contribution is -2.28. The molecule has 2 aliphatic heterocycles. The van der Waals surface area contributed by atoms with Crippen LogP contribution >= 0.6 is 11.8 Å². The first-order chi connectivity index (χ1) is 23.8. The number of thioether (sulfide) groups is 1. The predicted molar refractivity (Wildman–Crippen MR) is 211 cm³/mol. The van der Waals surface area contributed by atoms with Crippen molar-refractivity contribution >= 4 is 28.8 Å².